The summed E-state index contributed by atoms with van der Waals surface area (Å²) in [6.45, 7) is 8.50. The second-order valence-corrected chi connectivity index (χ2v) is 7.20. The van der Waals surface area contributed by atoms with Crippen LogP contribution >= 0.6 is 0 Å². The third kappa shape index (κ3) is 10.7. The molecule has 2 aliphatic carbocycles. The Morgan fingerprint density at radius 3 is 2.46 bits per heavy atom. The Bertz CT molecular complexity index is 948. The minimum atomic E-state index is -4.74. The fourth-order valence-corrected chi connectivity index (χ4v) is 3.12. The Labute approximate surface area is 204 Å². The lowest BCUT2D eigenvalue weighted by molar-refractivity contribution is -0.330. The van der Waals surface area contributed by atoms with Gasteiger partial charge in [-0.2, -0.15) is 0 Å². The van der Waals surface area contributed by atoms with Crippen molar-refractivity contribution in [3.8, 4) is 0 Å². The molecule has 35 heavy (non-hydrogen) atoms. The molecule has 2 unspecified atom stereocenters. The number of carbonyl (C=O) groups excluding carboxylic acids is 1. The zero-order valence-corrected chi connectivity index (χ0v) is 20.4. The molecule has 2 N–H and O–H groups in total. The summed E-state index contributed by atoms with van der Waals surface area (Å²) in [4.78, 5) is 13.7. The highest BCUT2D eigenvalue weighted by atomic mass is 19.4. The van der Waals surface area contributed by atoms with Crippen molar-refractivity contribution in [2.24, 2.45) is 5.92 Å². The molecular weight excluding hydrogens is 461 g/mol. The van der Waals surface area contributed by atoms with Crippen LogP contribution in [0.15, 0.2) is 77.3 Å². The Balaban J connectivity index is 0.00000298. The van der Waals surface area contributed by atoms with Crippen molar-refractivity contribution in [1.82, 2.24) is 4.90 Å². The molecule has 0 aromatic heterocycles. The average molecular weight is 495 g/mol. The van der Waals surface area contributed by atoms with E-state index in [2.05, 4.69) is 10.5 Å². The van der Waals surface area contributed by atoms with Gasteiger partial charge in [0.15, 0.2) is 12.5 Å². The number of nitrogens with one attached hydrogen (secondary N) is 1. The molecule has 0 aromatic rings. The van der Waals surface area contributed by atoms with Gasteiger partial charge in [0.2, 0.25) is 0 Å². The monoisotopic (exact) mass is 494 g/mol. The van der Waals surface area contributed by atoms with Crippen molar-refractivity contribution in [1.29, 1.82) is 5.41 Å². The summed E-state index contributed by atoms with van der Waals surface area (Å²) < 4.78 is 46.3. The average Bonchev–Trinajstić information content (AvgIpc) is 2.98. The number of aliphatic hydroxyl groups excluding tert-OH is 1. The van der Waals surface area contributed by atoms with E-state index >= 15 is 0 Å². The first kappa shape index (κ1) is 29.7. The van der Waals surface area contributed by atoms with E-state index in [9.17, 15) is 23.1 Å². The van der Waals surface area contributed by atoms with Gasteiger partial charge in [-0.3, -0.25) is 14.9 Å². The van der Waals surface area contributed by atoms with Crippen LogP contribution in [0.25, 0.3) is 0 Å². The van der Waals surface area contributed by atoms with Crippen LogP contribution in [0.2, 0.25) is 0 Å². The third-order valence-corrected chi connectivity index (χ3v) is 4.86. The highest BCUT2D eigenvalue weighted by molar-refractivity contribution is 5.84. The van der Waals surface area contributed by atoms with E-state index in [-0.39, 0.29) is 24.2 Å². The van der Waals surface area contributed by atoms with Gasteiger partial charge >= 0.3 is 6.36 Å². The number of likely N-dealkylation sites (N-methyl/N-ethyl adjacent to an activating group) is 1. The zero-order valence-electron chi connectivity index (χ0n) is 20.4. The van der Waals surface area contributed by atoms with Gasteiger partial charge in [-0.15, -0.1) is 18.9 Å². The summed E-state index contributed by atoms with van der Waals surface area (Å²) in [7, 11) is 0. The van der Waals surface area contributed by atoms with Crippen molar-refractivity contribution in [3.63, 3.8) is 0 Å². The zero-order chi connectivity index (χ0) is 26.4. The molecule has 9 heteroatoms. The van der Waals surface area contributed by atoms with Crippen LogP contribution < -0.4 is 0 Å². The Hall–Kier alpha value is -3.29. The fraction of sp³-hybridized carbons (Fsp3) is 0.423. The number of alkyl halides is 3. The van der Waals surface area contributed by atoms with E-state index in [4.69, 9.17) is 10.1 Å². The van der Waals surface area contributed by atoms with Crippen molar-refractivity contribution >= 4 is 11.8 Å². The van der Waals surface area contributed by atoms with E-state index in [0.29, 0.717) is 19.5 Å². The van der Waals surface area contributed by atoms with Gasteiger partial charge in [0.25, 0.3) is 5.91 Å². The number of halogens is 3. The van der Waals surface area contributed by atoms with E-state index in [1.54, 1.807) is 35.3 Å². The maximum absolute atomic E-state index is 12.4. The maximum Gasteiger partial charge on any atom is 0.523 e. The highest BCUT2D eigenvalue weighted by Crippen LogP contribution is 2.24. The van der Waals surface area contributed by atoms with Crippen molar-refractivity contribution in [3.05, 3.63) is 77.3 Å². The van der Waals surface area contributed by atoms with Gasteiger partial charge in [0.05, 0.1) is 0 Å². The highest BCUT2D eigenvalue weighted by Gasteiger charge is 2.31. The Morgan fingerprint density at radius 1 is 1.14 bits per heavy atom. The number of allylic oxidation sites excluding steroid dienone is 7. The second-order valence-electron chi connectivity index (χ2n) is 7.20. The number of carbonyl (C=O) groups is 1. The van der Waals surface area contributed by atoms with Gasteiger partial charge in [-0.1, -0.05) is 50.3 Å². The van der Waals surface area contributed by atoms with Gasteiger partial charge in [0.1, 0.15) is 17.8 Å². The third-order valence-electron chi connectivity index (χ3n) is 4.86. The van der Waals surface area contributed by atoms with Crippen LogP contribution in [0.5, 0.6) is 0 Å². The van der Waals surface area contributed by atoms with Gasteiger partial charge < -0.3 is 14.7 Å². The van der Waals surface area contributed by atoms with Gasteiger partial charge in [-0.25, -0.2) is 0 Å². The smallest absolute Gasteiger partial charge is 0.511 e. The van der Waals surface area contributed by atoms with Crippen molar-refractivity contribution < 1.29 is 32.5 Å². The lowest BCUT2D eigenvalue weighted by atomic mass is 10.0. The minimum absolute atomic E-state index is 0.101. The molecule has 0 bridgehead atoms. The molecule has 0 fully saturated rings. The number of aliphatic hydroxyl groups is 1. The van der Waals surface area contributed by atoms with E-state index in [1.807, 2.05) is 27.7 Å². The molecule has 2 atom stereocenters. The predicted octanol–water partition coefficient (Wildman–Crippen LogP) is 5.93. The first-order chi connectivity index (χ1) is 16.6. The summed E-state index contributed by atoms with van der Waals surface area (Å²) in [6.07, 6.45) is 8.01. The first-order valence-corrected chi connectivity index (χ1v) is 11.4. The van der Waals surface area contributed by atoms with Crippen LogP contribution in [-0.2, 0) is 14.3 Å². The van der Waals surface area contributed by atoms with E-state index < -0.39 is 18.4 Å². The second kappa shape index (κ2) is 14.9. The molecule has 0 aromatic carbocycles. The van der Waals surface area contributed by atoms with Crippen LogP contribution in [0.4, 0.5) is 13.2 Å². The molecule has 0 spiro atoms. The van der Waals surface area contributed by atoms with Gasteiger partial charge in [-0.05, 0) is 49.6 Å². The minimum Gasteiger partial charge on any atom is -0.511 e. The van der Waals surface area contributed by atoms with Crippen LogP contribution in [0.1, 0.15) is 34.1 Å². The quantitative estimate of drug-likeness (QED) is 0.249. The fourth-order valence-electron chi connectivity index (χ4n) is 3.12. The molecule has 6 nitrogen and oxygen atoms in total. The van der Waals surface area contributed by atoms with Gasteiger partial charge in [0, 0.05) is 13.1 Å². The van der Waals surface area contributed by atoms with Crippen LogP contribution in [-0.4, -0.2) is 54.0 Å². The van der Waals surface area contributed by atoms with E-state index in [0.717, 1.165) is 11.1 Å². The molecule has 2 aliphatic rings. The summed E-state index contributed by atoms with van der Waals surface area (Å²) in [5, 5.41) is 18.4. The van der Waals surface area contributed by atoms with E-state index in [1.165, 1.54) is 24.3 Å². The molecular formula is C26H33F3N2O4. The predicted molar refractivity (Wildman–Crippen MR) is 130 cm³/mol. The topological polar surface area (TPSA) is 82.9 Å². The summed E-state index contributed by atoms with van der Waals surface area (Å²) in [5.74, 6) is -1.42. The van der Waals surface area contributed by atoms with Crippen molar-refractivity contribution in [2.75, 3.05) is 19.7 Å². The number of hydrogen-bond donors (Lipinski definition) is 2. The molecule has 192 valence electrons. The molecule has 0 radical (unpaired) electrons. The SMILES string of the molecule is CC.CCN(CC)C(=O)COC(=N)C1C=CC(C/C2=C/C=CC(OC(F)(F)F)C=C=C2)=CC=C1O. The lowest BCUT2D eigenvalue weighted by Gasteiger charge is -2.20. The molecule has 1 amide bonds. The Kier molecular flexibility index (Phi) is 12.6. The maximum atomic E-state index is 12.4. The summed E-state index contributed by atoms with van der Waals surface area (Å²) in [6, 6.07) is 0. The lowest BCUT2D eigenvalue weighted by Crippen LogP contribution is -2.35. The Morgan fingerprint density at radius 2 is 1.83 bits per heavy atom. The normalized spacial score (nSPS) is 20.7. The van der Waals surface area contributed by atoms with Crippen molar-refractivity contribution in [2.45, 2.75) is 46.6 Å². The number of ether oxygens (including phenoxy) is 2. The molecule has 2 rings (SSSR count). The van der Waals surface area contributed by atoms with Crippen LogP contribution in [0.3, 0.4) is 0 Å². The largest absolute Gasteiger partial charge is 0.523 e. The number of rotatable bonds is 8. The summed E-state index contributed by atoms with van der Waals surface area (Å²) in [5.41, 5.74) is 4.26. The summed E-state index contributed by atoms with van der Waals surface area (Å²) >= 11 is 0. The molecule has 0 heterocycles. The molecule has 0 saturated heterocycles. The number of amides is 1. The number of hydrogen-bond acceptors (Lipinski definition) is 5. The van der Waals surface area contributed by atoms with Crippen LogP contribution in [0, 0.1) is 11.3 Å². The molecule has 0 saturated carbocycles. The standard InChI is InChI=1S/C24H27F3N2O4.C2H6/c1-3-29(4-2)22(31)16-32-23(28)20-13-11-18(12-14-21(20)30)15-17-7-5-9-19(10-6-8-17)33-24(25,26)27;1-2/h5,7-14,19-20,28,30H,3-4,15-16H2,1-2H3;1-2H3/b9-5?,17-7+,28-23?;. The first-order valence-electron chi connectivity index (χ1n) is 11.4. The number of nitrogens with zero attached hydrogens (tertiary/aromatic N) is 1. The molecule has 0 aliphatic heterocycles.